The summed E-state index contributed by atoms with van der Waals surface area (Å²) in [6.45, 7) is 0.707. The number of ether oxygens (including phenoxy) is 1. The van der Waals surface area contributed by atoms with E-state index in [2.05, 4.69) is 15.9 Å². The fourth-order valence-corrected chi connectivity index (χ4v) is 2.58. The van der Waals surface area contributed by atoms with E-state index in [1.165, 1.54) is 0 Å². The number of halogens is 1. The molecule has 1 aromatic carbocycles. The van der Waals surface area contributed by atoms with E-state index in [0.29, 0.717) is 17.0 Å². The molecule has 0 spiro atoms. The fraction of sp³-hybridized carbons (Fsp3) is 0.286. The van der Waals surface area contributed by atoms with E-state index in [9.17, 15) is 5.11 Å². The van der Waals surface area contributed by atoms with Crippen molar-refractivity contribution in [2.45, 2.75) is 18.9 Å². The third-order valence-electron chi connectivity index (χ3n) is 3.12. The minimum atomic E-state index is -0.788. The lowest BCUT2D eigenvalue weighted by Crippen LogP contribution is -2.12. The van der Waals surface area contributed by atoms with Crippen LogP contribution in [0.15, 0.2) is 39.4 Å². The summed E-state index contributed by atoms with van der Waals surface area (Å²) in [4.78, 5) is 0. The number of furan rings is 1. The van der Waals surface area contributed by atoms with Crippen LogP contribution in [0.2, 0.25) is 0 Å². The summed E-state index contributed by atoms with van der Waals surface area (Å²) in [5, 5.41) is 10.4. The molecular weight excluding hydrogens is 296 g/mol. The highest BCUT2D eigenvalue weighted by Gasteiger charge is 2.22. The summed E-state index contributed by atoms with van der Waals surface area (Å²) < 4.78 is 11.7. The van der Waals surface area contributed by atoms with E-state index in [1.54, 1.807) is 12.1 Å². The van der Waals surface area contributed by atoms with E-state index in [4.69, 9.17) is 9.15 Å². The van der Waals surface area contributed by atoms with Gasteiger partial charge in [0.15, 0.2) is 4.67 Å². The topological polar surface area (TPSA) is 42.6 Å². The number of aryl methyl sites for hydroxylation is 1. The molecule has 1 aromatic heterocycles. The normalized spacial score (nSPS) is 15.9. The van der Waals surface area contributed by atoms with Crippen molar-refractivity contribution in [3.63, 3.8) is 0 Å². The first-order valence-electron chi connectivity index (χ1n) is 5.93. The third kappa shape index (κ3) is 2.06. The predicted octanol–water partition coefficient (Wildman–Crippen LogP) is 3.45. The van der Waals surface area contributed by atoms with Crippen LogP contribution in [0.5, 0.6) is 5.75 Å². The minimum absolute atomic E-state index is 0.518. The summed E-state index contributed by atoms with van der Waals surface area (Å²) in [6, 6.07) is 9.41. The highest BCUT2D eigenvalue weighted by atomic mass is 79.9. The zero-order valence-electron chi connectivity index (χ0n) is 9.73. The standard InChI is InChI=1S/C14H13BrO3/c15-12-7-6-11(18-12)13(16)10-5-1-3-9-4-2-8-17-14(9)10/h1,3,5-7,13,16H,2,4,8H2. The summed E-state index contributed by atoms with van der Waals surface area (Å²) in [5.74, 6) is 1.33. The Labute approximate surface area is 114 Å². The maximum Gasteiger partial charge on any atom is 0.169 e. The molecule has 1 aliphatic heterocycles. The molecule has 1 aliphatic rings. The highest BCUT2D eigenvalue weighted by Crippen LogP contribution is 2.36. The minimum Gasteiger partial charge on any atom is -0.493 e. The number of rotatable bonds is 2. The molecule has 0 bridgehead atoms. The van der Waals surface area contributed by atoms with Gasteiger partial charge in [-0.15, -0.1) is 0 Å². The smallest absolute Gasteiger partial charge is 0.169 e. The molecule has 1 unspecified atom stereocenters. The monoisotopic (exact) mass is 308 g/mol. The van der Waals surface area contributed by atoms with E-state index in [1.807, 2.05) is 18.2 Å². The van der Waals surface area contributed by atoms with E-state index in [-0.39, 0.29) is 0 Å². The molecule has 0 saturated carbocycles. The van der Waals surface area contributed by atoms with Gasteiger partial charge in [0.05, 0.1) is 6.61 Å². The summed E-state index contributed by atoms with van der Waals surface area (Å²) in [5.41, 5.74) is 1.93. The maximum atomic E-state index is 10.4. The number of aliphatic hydroxyl groups is 1. The Morgan fingerprint density at radius 3 is 2.89 bits per heavy atom. The lowest BCUT2D eigenvalue weighted by molar-refractivity contribution is 0.178. The molecule has 2 heterocycles. The molecule has 0 radical (unpaired) electrons. The lowest BCUT2D eigenvalue weighted by Gasteiger charge is -2.22. The number of para-hydroxylation sites is 1. The number of fused-ring (bicyclic) bond motifs is 1. The first-order valence-corrected chi connectivity index (χ1v) is 6.73. The van der Waals surface area contributed by atoms with Crippen molar-refractivity contribution in [1.82, 2.24) is 0 Å². The van der Waals surface area contributed by atoms with Crippen LogP contribution >= 0.6 is 15.9 Å². The molecule has 0 aliphatic carbocycles. The second-order valence-corrected chi connectivity index (χ2v) is 5.11. The number of hydrogen-bond acceptors (Lipinski definition) is 3. The first-order chi connectivity index (χ1) is 8.75. The SMILES string of the molecule is OC(c1ccc(Br)o1)c1cccc2c1OCCC2. The van der Waals surface area contributed by atoms with Gasteiger partial charge >= 0.3 is 0 Å². The van der Waals surface area contributed by atoms with Crippen molar-refractivity contribution in [1.29, 1.82) is 0 Å². The van der Waals surface area contributed by atoms with Crippen LogP contribution in [0, 0.1) is 0 Å². The van der Waals surface area contributed by atoms with Crippen LogP contribution < -0.4 is 4.74 Å². The predicted molar refractivity (Wildman–Crippen MR) is 70.7 cm³/mol. The Balaban J connectivity index is 2.01. The van der Waals surface area contributed by atoms with Crippen LogP contribution in [-0.2, 0) is 6.42 Å². The summed E-state index contributed by atoms with van der Waals surface area (Å²) in [6.07, 6.45) is 1.24. The van der Waals surface area contributed by atoms with Gasteiger partial charge in [0.1, 0.15) is 17.6 Å². The van der Waals surface area contributed by atoms with Gasteiger partial charge in [0.2, 0.25) is 0 Å². The van der Waals surface area contributed by atoms with Crippen LogP contribution in [0.3, 0.4) is 0 Å². The molecule has 94 valence electrons. The molecule has 2 aromatic rings. The van der Waals surface area contributed by atoms with Crippen molar-refractivity contribution < 1.29 is 14.3 Å². The van der Waals surface area contributed by atoms with E-state index < -0.39 is 6.10 Å². The molecule has 0 fully saturated rings. The molecule has 1 N–H and O–H groups in total. The molecule has 4 heteroatoms. The zero-order chi connectivity index (χ0) is 12.5. The highest BCUT2D eigenvalue weighted by molar-refractivity contribution is 9.10. The molecule has 18 heavy (non-hydrogen) atoms. The maximum absolute atomic E-state index is 10.4. The van der Waals surface area contributed by atoms with Crippen LogP contribution in [0.25, 0.3) is 0 Å². The largest absolute Gasteiger partial charge is 0.493 e. The second kappa shape index (κ2) is 4.78. The lowest BCUT2D eigenvalue weighted by atomic mass is 9.98. The van der Waals surface area contributed by atoms with Gasteiger partial charge < -0.3 is 14.3 Å². The van der Waals surface area contributed by atoms with Gasteiger partial charge in [-0.1, -0.05) is 18.2 Å². The quantitative estimate of drug-likeness (QED) is 0.924. The van der Waals surface area contributed by atoms with E-state index in [0.717, 1.165) is 29.7 Å². The average molecular weight is 309 g/mol. The number of hydrogen-bond donors (Lipinski definition) is 1. The Morgan fingerprint density at radius 1 is 1.22 bits per heavy atom. The number of aliphatic hydroxyl groups excluding tert-OH is 1. The van der Waals surface area contributed by atoms with Crippen LogP contribution in [-0.4, -0.2) is 11.7 Å². The van der Waals surface area contributed by atoms with Gasteiger partial charge in [-0.2, -0.15) is 0 Å². The molecule has 1 atom stereocenters. The van der Waals surface area contributed by atoms with Crippen LogP contribution in [0.4, 0.5) is 0 Å². The van der Waals surface area contributed by atoms with Gasteiger partial charge in [-0.3, -0.25) is 0 Å². The van der Waals surface area contributed by atoms with Gasteiger partial charge in [0.25, 0.3) is 0 Å². The Morgan fingerprint density at radius 2 is 2.11 bits per heavy atom. The molecule has 0 amide bonds. The van der Waals surface area contributed by atoms with Gasteiger partial charge in [-0.25, -0.2) is 0 Å². The molecule has 3 nitrogen and oxygen atoms in total. The summed E-state index contributed by atoms with van der Waals surface area (Å²) in [7, 11) is 0. The van der Waals surface area contributed by atoms with Gasteiger partial charge in [0, 0.05) is 5.56 Å². The van der Waals surface area contributed by atoms with Gasteiger partial charge in [-0.05, 0) is 46.5 Å². The molecular formula is C14H13BrO3. The Bertz CT molecular complexity index is 562. The van der Waals surface area contributed by atoms with Crippen molar-refractivity contribution in [3.05, 3.63) is 51.9 Å². The van der Waals surface area contributed by atoms with Crippen molar-refractivity contribution in [3.8, 4) is 5.75 Å². The number of benzene rings is 1. The van der Waals surface area contributed by atoms with E-state index >= 15 is 0 Å². The van der Waals surface area contributed by atoms with Crippen molar-refractivity contribution in [2.75, 3.05) is 6.61 Å². The zero-order valence-corrected chi connectivity index (χ0v) is 11.3. The third-order valence-corrected chi connectivity index (χ3v) is 3.55. The molecule has 3 rings (SSSR count). The van der Waals surface area contributed by atoms with Crippen molar-refractivity contribution in [2.24, 2.45) is 0 Å². The fourth-order valence-electron chi connectivity index (χ4n) is 2.26. The Hall–Kier alpha value is -1.26. The van der Waals surface area contributed by atoms with Crippen molar-refractivity contribution >= 4 is 15.9 Å². The average Bonchev–Trinajstić information content (AvgIpc) is 2.84. The Kier molecular flexibility index (Phi) is 3.14. The van der Waals surface area contributed by atoms with Crippen LogP contribution in [0.1, 0.15) is 29.4 Å². The molecule has 0 saturated heterocycles. The first kappa shape index (κ1) is 11.8. The summed E-state index contributed by atoms with van der Waals surface area (Å²) >= 11 is 3.24. The second-order valence-electron chi connectivity index (χ2n) is 4.33.